The van der Waals surface area contributed by atoms with Crippen molar-refractivity contribution in [3.05, 3.63) is 64.7 Å². The minimum Gasteiger partial charge on any atom is -0.285 e. The number of halogens is 1. The van der Waals surface area contributed by atoms with Gasteiger partial charge in [0, 0.05) is 21.9 Å². The van der Waals surface area contributed by atoms with Crippen molar-refractivity contribution in [1.82, 2.24) is 5.32 Å². The Morgan fingerprint density at radius 2 is 1.80 bits per heavy atom. The van der Waals surface area contributed by atoms with E-state index >= 15 is 0 Å². The zero-order valence-electron chi connectivity index (χ0n) is 13.3. The Hall–Kier alpha value is -1.87. The van der Waals surface area contributed by atoms with Crippen LogP contribution in [0.25, 0.3) is 0 Å². The van der Waals surface area contributed by atoms with Gasteiger partial charge in [-0.15, -0.1) is 0 Å². The molecule has 3 nitrogen and oxygen atoms in total. The van der Waals surface area contributed by atoms with E-state index in [1.54, 1.807) is 12.1 Å². The number of aryl methyl sites for hydroxylation is 1. The van der Waals surface area contributed by atoms with E-state index in [0.717, 1.165) is 27.8 Å². The lowest BCUT2D eigenvalue weighted by molar-refractivity contribution is -0.119. The monoisotopic (exact) mass is 387 g/mol. The second kappa shape index (κ2) is 7.57. The molecule has 2 amide bonds. The van der Waals surface area contributed by atoms with Crippen LogP contribution in [0.4, 0.5) is 4.79 Å². The second-order valence-corrected chi connectivity index (χ2v) is 8.84. The molecule has 1 aliphatic heterocycles. The predicted molar refractivity (Wildman–Crippen MR) is 104 cm³/mol. The van der Waals surface area contributed by atoms with Crippen LogP contribution in [0.5, 0.6) is 0 Å². The minimum atomic E-state index is -0.967. The lowest BCUT2D eigenvalue weighted by Gasteiger charge is -2.20. The lowest BCUT2D eigenvalue weighted by Crippen LogP contribution is -2.33. The number of carbonyl (C=O) groups excluding carboxylic acids is 2. The summed E-state index contributed by atoms with van der Waals surface area (Å²) in [5, 5.41) is 2.69. The van der Waals surface area contributed by atoms with Crippen molar-refractivity contribution in [1.29, 1.82) is 0 Å². The number of benzene rings is 2. The Kier molecular flexibility index (Phi) is 5.43. The molecule has 0 radical (unpaired) electrons. The van der Waals surface area contributed by atoms with E-state index in [-0.39, 0.29) is 17.6 Å². The summed E-state index contributed by atoms with van der Waals surface area (Å²) < 4.78 is -0.967. The molecule has 0 aliphatic carbocycles. The van der Waals surface area contributed by atoms with Crippen molar-refractivity contribution in [2.24, 2.45) is 0 Å². The molecule has 6 heteroatoms. The topological polar surface area (TPSA) is 46.2 Å². The van der Waals surface area contributed by atoms with E-state index < -0.39 is 4.08 Å². The molecule has 0 aromatic heterocycles. The Bertz CT molecular complexity index is 869. The van der Waals surface area contributed by atoms with Gasteiger partial charge in [0.15, 0.2) is 4.08 Å². The molecular weight excluding hydrogens is 374 g/mol. The molecule has 1 saturated heterocycles. The van der Waals surface area contributed by atoms with Crippen molar-refractivity contribution in [2.75, 3.05) is 0 Å². The Morgan fingerprint density at radius 3 is 2.40 bits per heavy atom. The summed E-state index contributed by atoms with van der Waals surface area (Å²) in [7, 11) is 0. The average molecular weight is 388 g/mol. The molecule has 1 fully saturated rings. The summed E-state index contributed by atoms with van der Waals surface area (Å²) in [6, 6.07) is 15.0. The first-order valence-electron chi connectivity index (χ1n) is 7.51. The molecule has 0 bridgehead atoms. The molecule has 126 valence electrons. The highest BCUT2D eigenvalue weighted by atomic mass is 35.5. The number of thioether (sulfide) groups is 2. The van der Waals surface area contributed by atoms with Crippen LogP contribution >= 0.6 is 35.1 Å². The van der Waals surface area contributed by atoms with E-state index in [1.807, 2.05) is 43.3 Å². The highest BCUT2D eigenvalue weighted by Crippen LogP contribution is 2.48. The van der Waals surface area contributed by atoms with Gasteiger partial charge in [0.05, 0.1) is 0 Å². The fraction of sp³-hybridized carbons (Fsp3) is 0.158. The minimum absolute atomic E-state index is 0.260. The SMILES string of the molecule is Cc1ccc(SC2(CC#Cc3ccc(Cl)cc3)SC(=O)NC2=O)cc1. The van der Waals surface area contributed by atoms with E-state index in [9.17, 15) is 9.59 Å². The molecule has 2 aromatic carbocycles. The quantitative estimate of drug-likeness (QED) is 0.764. The number of hydrogen-bond donors (Lipinski definition) is 1. The Morgan fingerprint density at radius 1 is 1.12 bits per heavy atom. The van der Waals surface area contributed by atoms with Gasteiger partial charge >= 0.3 is 0 Å². The maximum Gasteiger partial charge on any atom is 0.287 e. The van der Waals surface area contributed by atoms with Crippen LogP contribution in [0.3, 0.4) is 0 Å². The fourth-order valence-electron chi connectivity index (χ4n) is 2.22. The molecule has 25 heavy (non-hydrogen) atoms. The summed E-state index contributed by atoms with van der Waals surface area (Å²) in [5.41, 5.74) is 1.95. The van der Waals surface area contributed by atoms with Crippen LogP contribution < -0.4 is 5.32 Å². The summed E-state index contributed by atoms with van der Waals surface area (Å²) in [4.78, 5) is 25.1. The number of carbonyl (C=O) groups is 2. The lowest BCUT2D eigenvalue weighted by atomic mass is 10.2. The third-order valence-corrected chi connectivity index (χ3v) is 6.39. The summed E-state index contributed by atoms with van der Waals surface area (Å²) in [6.07, 6.45) is 0.260. The van der Waals surface area contributed by atoms with Crippen LogP contribution in [-0.4, -0.2) is 15.2 Å². The largest absolute Gasteiger partial charge is 0.287 e. The summed E-state index contributed by atoms with van der Waals surface area (Å²) in [6.45, 7) is 2.00. The molecule has 1 atom stereocenters. The zero-order chi connectivity index (χ0) is 17.9. The Balaban J connectivity index is 1.83. The standard InChI is InChI=1S/C19H14ClNO2S2/c1-13-4-10-16(11-5-13)24-19(17(22)21-18(23)25-19)12-2-3-14-6-8-15(20)9-7-14/h4-11H,12H2,1H3,(H,21,22,23). The van der Waals surface area contributed by atoms with Gasteiger partial charge in [-0.05, 0) is 55.1 Å². The van der Waals surface area contributed by atoms with Gasteiger partial charge in [-0.3, -0.25) is 14.9 Å². The second-order valence-electron chi connectivity index (χ2n) is 5.50. The van der Waals surface area contributed by atoms with Crippen LogP contribution in [0.2, 0.25) is 5.02 Å². The number of rotatable bonds is 3. The van der Waals surface area contributed by atoms with Crippen LogP contribution in [0, 0.1) is 18.8 Å². The van der Waals surface area contributed by atoms with Gasteiger partial charge < -0.3 is 0 Å². The summed E-state index contributed by atoms with van der Waals surface area (Å²) in [5.74, 6) is 5.76. The summed E-state index contributed by atoms with van der Waals surface area (Å²) >= 11 is 8.22. The smallest absolute Gasteiger partial charge is 0.285 e. The molecule has 1 unspecified atom stereocenters. The molecule has 0 spiro atoms. The number of hydrogen-bond acceptors (Lipinski definition) is 4. The first kappa shape index (κ1) is 17.9. The van der Waals surface area contributed by atoms with Crippen LogP contribution in [0.1, 0.15) is 17.5 Å². The molecule has 1 heterocycles. The van der Waals surface area contributed by atoms with E-state index in [2.05, 4.69) is 17.2 Å². The molecular formula is C19H14ClNO2S2. The van der Waals surface area contributed by atoms with Crippen LogP contribution in [0.15, 0.2) is 53.4 Å². The van der Waals surface area contributed by atoms with Crippen molar-refractivity contribution in [3.8, 4) is 11.8 Å². The van der Waals surface area contributed by atoms with Gasteiger partial charge in [0.1, 0.15) is 0 Å². The third-order valence-electron chi connectivity index (χ3n) is 3.52. The maximum atomic E-state index is 12.4. The zero-order valence-corrected chi connectivity index (χ0v) is 15.7. The van der Waals surface area contributed by atoms with Gasteiger partial charge in [0.2, 0.25) is 0 Å². The number of imide groups is 1. The molecule has 3 rings (SSSR count). The number of amides is 2. The van der Waals surface area contributed by atoms with Crippen molar-refractivity contribution in [3.63, 3.8) is 0 Å². The predicted octanol–water partition coefficient (Wildman–Crippen LogP) is 4.86. The molecule has 0 saturated carbocycles. The van der Waals surface area contributed by atoms with Gasteiger partial charge in [0.25, 0.3) is 11.1 Å². The first-order chi connectivity index (χ1) is 12.0. The van der Waals surface area contributed by atoms with Crippen molar-refractivity contribution >= 4 is 46.3 Å². The number of nitrogens with one attached hydrogen (secondary N) is 1. The highest BCUT2D eigenvalue weighted by Gasteiger charge is 2.48. The first-order valence-corrected chi connectivity index (χ1v) is 9.52. The fourth-order valence-corrected chi connectivity index (χ4v) is 4.70. The van der Waals surface area contributed by atoms with Crippen molar-refractivity contribution in [2.45, 2.75) is 22.3 Å². The maximum absolute atomic E-state index is 12.4. The molecule has 1 N–H and O–H groups in total. The highest BCUT2D eigenvalue weighted by molar-refractivity contribution is 8.27. The van der Waals surface area contributed by atoms with Gasteiger partial charge in [-0.25, -0.2) is 0 Å². The van der Waals surface area contributed by atoms with E-state index in [0.29, 0.717) is 5.02 Å². The third kappa shape index (κ3) is 4.40. The Labute approximate surface area is 159 Å². The van der Waals surface area contributed by atoms with Gasteiger partial charge in [-0.2, -0.15) is 0 Å². The average Bonchev–Trinajstić information content (AvgIpc) is 2.85. The van der Waals surface area contributed by atoms with E-state index in [1.165, 1.54) is 11.8 Å². The van der Waals surface area contributed by atoms with Crippen molar-refractivity contribution < 1.29 is 9.59 Å². The van der Waals surface area contributed by atoms with E-state index in [4.69, 9.17) is 11.6 Å². The van der Waals surface area contributed by atoms with Gasteiger partial charge in [-0.1, -0.05) is 52.9 Å². The molecule has 1 aliphatic rings. The normalized spacial score (nSPS) is 19.3. The molecule has 2 aromatic rings. The van der Waals surface area contributed by atoms with Crippen LogP contribution in [-0.2, 0) is 4.79 Å².